The number of methoxy groups -OCH3 is 1. The highest BCUT2D eigenvalue weighted by molar-refractivity contribution is 5.96. The Kier molecular flexibility index (Phi) is 8.02. The van der Waals surface area contributed by atoms with Gasteiger partial charge in [0.2, 0.25) is 5.91 Å². The summed E-state index contributed by atoms with van der Waals surface area (Å²) in [5, 5.41) is 8.60. The van der Waals surface area contributed by atoms with Crippen molar-refractivity contribution in [2.24, 2.45) is 0 Å². The van der Waals surface area contributed by atoms with Gasteiger partial charge in [0, 0.05) is 23.5 Å². The maximum absolute atomic E-state index is 12.1. The van der Waals surface area contributed by atoms with Gasteiger partial charge in [-0.05, 0) is 48.9 Å². The van der Waals surface area contributed by atoms with Gasteiger partial charge in [0.25, 0.3) is 5.91 Å². The lowest BCUT2D eigenvalue weighted by Gasteiger charge is -2.10. The average molecular weight is 383 g/mol. The predicted molar refractivity (Wildman–Crippen MR) is 109 cm³/mol. The second-order valence-electron chi connectivity index (χ2n) is 6.16. The molecule has 148 valence electrons. The van der Waals surface area contributed by atoms with Crippen LogP contribution in [-0.4, -0.2) is 38.0 Å². The van der Waals surface area contributed by atoms with E-state index in [1.165, 1.54) is 7.11 Å². The van der Waals surface area contributed by atoms with Crippen LogP contribution in [0.4, 0.5) is 11.4 Å². The number of unbranched alkanes of at least 4 members (excludes halogenated alkanes) is 1. The zero-order valence-electron chi connectivity index (χ0n) is 16.1. The summed E-state index contributed by atoms with van der Waals surface area (Å²) in [5.74, 6) is -0.811. The van der Waals surface area contributed by atoms with E-state index in [9.17, 15) is 14.4 Å². The van der Waals surface area contributed by atoms with Crippen LogP contribution in [0.3, 0.4) is 0 Å². The number of anilines is 2. The largest absolute Gasteiger partial charge is 0.465 e. The van der Waals surface area contributed by atoms with Gasteiger partial charge in [-0.1, -0.05) is 19.4 Å². The molecule has 0 heterocycles. The Bertz CT molecular complexity index is 819. The van der Waals surface area contributed by atoms with Crippen LogP contribution in [0, 0.1) is 0 Å². The monoisotopic (exact) mass is 383 g/mol. The van der Waals surface area contributed by atoms with Crippen molar-refractivity contribution in [1.29, 1.82) is 0 Å². The van der Waals surface area contributed by atoms with Crippen molar-refractivity contribution in [1.82, 2.24) is 5.32 Å². The first-order chi connectivity index (χ1) is 13.5. The number of hydrogen-bond donors (Lipinski definition) is 3. The summed E-state index contributed by atoms with van der Waals surface area (Å²) in [4.78, 5) is 35.6. The number of nitrogens with one attached hydrogen (secondary N) is 3. The SMILES string of the molecule is CCCCNC(=O)c1cccc(NCC(=O)Nc2ccc(C(=O)OC)cc2)c1. The van der Waals surface area contributed by atoms with Crippen LogP contribution in [0.25, 0.3) is 0 Å². The molecule has 2 aromatic rings. The summed E-state index contributed by atoms with van der Waals surface area (Å²) in [6, 6.07) is 13.4. The lowest BCUT2D eigenvalue weighted by Crippen LogP contribution is -2.25. The fourth-order valence-corrected chi connectivity index (χ4v) is 2.45. The average Bonchev–Trinajstić information content (AvgIpc) is 2.72. The highest BCUT2D eigenvalue weighted by atomic mass is 16.5. The first-order valence-electron chi connectivity index (χ1n) is 9.14. The molecule has 7 heteroatoms. The van der Waals surface area contributed by atoms with Crippen molar-refractivity contribution >= 4 is 29.2 Å². The third-order valence-corrected chi connectivity index (χ3v) is 3.98. The van der Waals surface area contributed by atoms with Gasteiger partial charge >= 0.3 is 5.97 Å². The second kappa shape index (κ2) is 10.7. The number of carbonyl (C=O) groups is 3. The number of ether oxygens (including phenoxy) is 1. The van der Waals surface area contributed by atoms with Gasteiger partial charge in [-0.3, -0.25) is 9.59 Å². The van der Waals surface area contributed by atoms with Gasteiger partial charge in [-0.15, -0.1) is 0 Å². The first kappa shape index (κ1) is 21.0. The summed E-state index contributed by atoms with van der Waals surface area (Å²) >= 11 is 0. The van der Waals surface area contributed by atoms with Crippen molar-refractivity contribution in [3.8, 4) is 0 Å². The Hall–Kier alpha value is -3.35. The summed E-state index contributed by atoms with van der Waals surface area (Å²) in [6.45, 7) is 2.75. The van der Waals surface area contributed by atoms with E-state index in [2.05, 4.69) is 27.6 Å². The van der Waals surface area contributed by atoms with Crippen LogP contribution in [0.15, 0.2) is 48.5 Å². The molecule has 0 aliphatic rings. The number of esters is 1. The zero-order valence-corrected chi connectivity index (χ0v) is 16.1. The molecule has 0 fully saturated rings. The quantitative estimate of drug-likeness (QED) is 0.457. The lowest BCUT2D eigenvalue weighted by atomic mass is 10.2. The van der Waals surface area contributed by atoms with E-state index in [4.69, 9.17) is 0 Å². The maximum atomic E-state index is 12.1. The molecule has 0 aromatic heterocycles. The number of hydrogen-bond acceptors (Lipinski definition) is 5. The van der Waals surface area contributed by atoms with E-state index in [0.717, 1.165) is 12.8 Å². The predicted octanol–water partition coefficient (Wildman–Crippen LogP) is 3.05. The van der Waals surface area contributed by atoms with E-state index >= 15 is 0 Å². The molecule has 2 aromatic carbocycles. The molecule has 2 rings (SSSR count). The Morgan fingerprint density at radius 3 is 2.39 bits per heavy atom. The van der Waals surface area contributed by atoms with Crippen LogP contribution in [-0.2, 0) is 9.53 Å². The van der Waals surface area contributed by atoms with Crippen LogP contribution < -0.4 is 16.0 Å². The van der Waals surface area contributed by atoms with Crippen molar-refractivity contribution in [2.75, 3.05) is 30.8 Å². The third kappa shape index (κ3) is 6.42. The highest BCUT2D eigenvalue weighted by Gasteiger charge is 2.08. The molecule has 0 atom stereocenters. The normalized spacial score (nSPS) is 10.1. The molecular weight excluding hydrogens is 358 g/mol. The number of benzene rings is 2. The minimum absolute atomic E-state index is 0.0413. The van der Waals surface area contributed by atoms with Crippen LogP contribution in [0.2, 0.25) is 0 Å². The maximum Gasteiger partial charge on any atom is 0.337 e. The molecule has 0 saturated carbocycles. The molecule has 0 aliphatic heterocycles. The van der Waals surface area contributed by atoms with E-state index in [0.29, 0.717) is 29.0 Å². The van der Waals surface area contributed by atoms with Gasteiger partial charge in [0.1, 0.15) is 0 Å². The minimum atomic E-state index is -0.432. The minimum Gasteiger partial charge on any atom is -0.465 e. The molecule has 28 heavy (non-hydrogen) atoms. The Morgan fingerprint density at radius 2 is 1.71 bits per heavy atom. The molecule has 2 amide bonds. The summed E-state index contributed by atoms with van der Waals surface area (Å²) in [6.07, 6.45) is 1.95. The van der Waals surface area contributed by atoms with Crippen molar-refractivity contribution in [3.05, 3.63) is 59.7 Å². The summed E-state index contributed by atoms with van der Waals surface area (Å²) in [5.41, 5.74) is 2.20. The van der Waals surface area contributed by atoms with E-state index in [1.54, 1.807) is 48.5 Å². The number of amides is 2. The van der Waals surface area contributed by atoms with Crippen LogP contribution in [0.5, 0.6) is 0 Å². The molecule has 3 N–H and O–H groups in total. The molecule has 0 unspecified atom stereocenters. The summed E-state index contributed by atoms with van der Waals surface area (Å²) < 4.78 is 4.63. The molecule has 0 saturated heterocycles. The Balaban J connectivity index is 1.86. The van der Waals surface area contributed by atoms with Crippen molar-refractivity contribution < 1.29 is 19.1 Å². The number of carbonyl (C=O) groups excluding carboxylic acids is 3. The number of rotatable bonds is 9. The highest BCUT2D eigenvalue weighted by Crippen LogP contribution is 2.12. The lowest BCUT2D eigenvalue weighted by molar-refractivity contribution is -0.114. The zero-order chi connectivity index (χ0) is 20.4. The second-order valence-corrected chi connectivity index (χ2v) is 6.16. The third-order valence-electron chi connectivity index (χ3n) is 3.98. The molecule has 0 spiro atoms. The Labute approximate surface area is 164 Å². The standard InChI is InChI=1S/C21H25N3O4/c1-3-4-12-22-20(26)16-6-5-7-18(13-16)23-14-19(25)24-17-10-8-15(9-11-17)21(27)28-2/h5-11,13,23H,3-4,12,14H2,1-2H3,(H,22,26)(H,24,25). The topological polar surface area (TPSA) is 96.5 Å². The van der Waals surface area contributed by atoms with Gasteiger partial charge in [-0.2, -0.15) is 0 Å². The smallest absolute Gasteiger partial charge is 0.337 e. The summed E-state index contributed by atoms with van der Waals surface area (Å²) in [7, 11) is 1.31. The van der Waals surface area contributed by atoms with E-state index in [1.807, 2.05) is 0 Å². The first-order valence-corrected chi connectivity index (χ1v) is 9.14. The molecule has 0 aliphatic carbocycles. The fraction of sp³-hybridized carbons (Fsp3) is 0.286. The van der Waals surface area contributed by atoms with Crippen LogP contribution in [0.1, 0.15) is 40.5 Å². The van der Waals surface area contributed by atoms with Crippen LogP contribution >= 0.6 is 0 Å². The Morgan fingerprint density at radius 1 is 0.964 bits per heavy atom. The van der Waals surface area contributed by atoms with Crippen molar-refractivity contribution in [2.45, 2.75) is 19.8 Å². The molecule has 0 bridgehead atoms. The van der Waals surface area contributed by atoms with Gasteiger partial charge < -0.3 is 20.7 Å². The van der Waals surface area contributed by atoms with E-state index < -0.39 is 5.97 Å². The fourth-order valence-electron chi connectivity index (χ4n) is 2.45. The van der Waals surface area contributed by atoms with Gasteiger partial charge in [0.15, 0.2) is 0 Å². The van der Waals surface area contributed by atoms with Gasteiger partial charge in [0.05, 0.1) is 19.2 Å². The van der Waals surface area contributed by atoms with Gasteiger partial charge in [-0.25, -0.2) is 4.79 Å². The van der Waals surface area contributed by atoms with Crippen molar-refractivity contribution in [3.63, 3.8) is 0 Å². The molecule has 7 nitrogen and oxygen atoms in total. The van der Waals surface area contributed by atoms with E-state index in [-0.39, 0.29) is 18.4 Å². The molecular formula is C21H25N3O4. The molecule has 0 radical (unpaired) electrons.